The van der Waals surface area contributed by atoms with E-state index in [-0.39, 0.29) is 5.56 Å². The molecule has 1 heterocycles. The molecule has 0 aliphatic heterocycles. The summed E-state index contributed by atoms with van der Waals surface area (Å²) in [7, 11) is 1.69. The van der Waals surface area contributed by atoms with Gasteiger partial charge in [0.15, 0.2) is 0 Å². The number of rotatable bonds is 0. The van der Waals surface area contributed by atoms with Gasteiger partial charge in [-0.05, 0) is 19.1 Å². The maximum atomic E-state index is 12.0. The Morgan fingerprint density at radius 1 is 1.47 bits per heavy atom. The summed E-state index contributed by atoms with van der Waals surface area (Å²) in [4.78, 5) is 16.3. The fourth-order valence-electron chi connectivity index (χ4n) is 1.54. The van der Waals surface area contributed by atoms with Gasteiger partial charge in [0.25, 0.3) is 5.56 Å². The van der Waals surface area contributed by atoms with Crippen LogP contribution in [0.1, 0.15) is 11.4 Å². The second kappa shape index (κ2) is 3.25. The first-order chi connectivity index (χ1) is 7.15. The average molecular weight is 198 g/mol. The van der Waals surface area contributed by atoms with Crippen LogP contribution in [0, 0.1) is 19.3 Å². The Hall–Kier alpha value is -2.08. The monoisotopic (exact) mass is 198 g/mol. The van der Waals surface area contributed by atoms with Crippen LogP contribution in [0.15, 0.2) is 23.0 Å². The van der Waals surface area contributed by atoms with Crippen LogP contribution in [0.25, 0.3) is 10.9 Å². The van der Waals surface area contributed by atoms with E-state index < -0.39 is 0 Å². The molecule has 0 aliphatic rings. The zero-order chi connectivity index (χ0) is 11.0. The van der Waals surface area contributed by atoms with Crippen molar-refractivity contribution in [2.45, 2.75) is 6.92 Å². The van der Waals surface area contributed by atoms with Crippen LogP contribution >= 0.6 is 0 Å². The third-order valence-corrected chi connectivity index (χ3v) is 2.48. The number of fused-ring (bicyclic) bond motifs is 1. The van der Waals surface area contributed by atoms with Crippen molar-refractivity contribution < 1.29 is 0 Å². The van der Waals surface area contributed by atoms with Crippen molar-refractivity contribution >= 4 is 10.9 Å². The van der Waals surface area contributed by atoms with Gasteiger partial charge in [-0.2, -0.15) is 0 Å². The smallest absolute Gasteiger partial charge is 0.262 e. The molecule has 0 amide bonds. The number of hydrogen-bond donors (Lipinski definition) is 0. The highest BCUT2D eigenvalue weighted by atomic mass is 16.1. The van der Waals surface area contributed by atoms with Gasteiger partial charge in [-0.3, -0.25) is 9.36 Å². The van der Waals surface area contributed by atoms with Crippen molar-refractivity contribution in [2.75, 3.05) is 0 Å². The number of terminal acetylenes is 1. The Morgan fingerprint density at radius 3 is 2.87 bits per heavy atom. The van der Waals surface area contributed by atoms with Gasteiger partial charge in [0.2, 0.25) is 0 Å². The number of aryl methyl sites for hydroxylation is 1. The molecular weight excluding hydrogens is 188 g/mol. The molecule has 1 aromatic heterocycles. The lowest BCUT2D eigenvalue weighted by molar-refractivity contribution is 0.792. The van der Waals surface area contributed by atoms with Crippen LogP contribution in [0.5, 0.6) is 0 Å². The first kappa shape index (κ1) is 9.47. The lowest BCUT2D eigenvalue weighted by Crippen LogP contribution is -2.21. The van der Waals surface area contributed by atoms with Crippen LogP contribution < -0.4 is 5.56 Å². The highest BCUT2D eigenvalue weighted by Crippen LogP contribution is 2.12. The van der Waals surface area contributed by atoms with E-state index >= 15 is 0 Å². The Balaban J connectivity index is 3.08. The summed E-state index contributed by atoms with van der Waals surface area (Å²) >= 11 is 0. The first-order valence-corrected chi connectivity index (χ1v) is 4.58. The van der Waals surface area contributed by atoms with Crippen molar-refractivity contribution in [1.29, 1.82) is 0 Å². The van der Waals surface area contributed by atoms with E-state index in [0.29, 0.717) is 22.3 Å². The fourth-order valence-corrected chi connectivity index (χ4v) is 1.54. The fraction of sp³-hybridized carbons (Fsp3) is 0.167. The molecule has 15 heavy (non-hydrogen) atoms. The third-order valence-electron chi connectivity index (χ3n) is 2.48. The maximum absolute atomic E-state index is 12.0. The lowest BCUT2D eigenvalue weighted by Gasteiger charge is -2.05. The molecule has 0 N–H and O–H groups in total. The van der Waals surface area contributed by atoms with E-state index in [0.717, 1.165) is 0 Å². The quantitative estimate of drug-likeness (QED) is 0.597. The van der Waals surface area contributed by atoms with Gasteiger partial charge >= 0.3 is 0 Å². The minimum absolute atomic E-state index is 0.0916. The van der Waals surface area contributed by atoms with E-state index in [2.05, 4.69) is 10.9 Å². The summed E-state index contributed by atoms with van der Waals surface area (Å²) in [5.74, 6) is 3.19. The molecule has 0 atom stereocenters. The topological polar surface area (TPSA) is 34.9 Å². The number of benzene rings is 1. The number of hydrogen-bond acceptors (Lipinski definition) is 2. The van der Waals surface area contributed by atoms with Crippen molar-refractivity contribution in [3.05, 3.63) is 39.9 Å². The SMILES string of the molecule is C#Cc1cccc2nc(C)n(C)c(=O)c12. The van der Waals surface area contributed by atoms with E-state index in [1.807, 2.05) is 6.07 Å². The molecule has 0 saturated carbocycles. The molecule has 0 bridgehead atoms. The molecule has 2 rings (SSSR count). The second-order valence-electron chi connectivity index (χ2n) is 3.37. The predicted molar refractivity (Wildman–Crippen MR) is 59.7 cm³/mol. The van der Waals surface area contributed by atoms with Crippen LogP contribution in [-0.4, -0.2) is 9.55 Å². The van der Waals surface area contributed by atoms with Gasteiger partial charge in [-0.1, -0.05) is 12.0 Å². The van der Waals surface area contributed by atoms with Crippen LogP contribution in [0.4, 0.5) is 0 Å². The molecule has 74 valence electrons. The van der Waals surface area contributed by atoms with E-state index in [1.54, 1.807) is 26.1 Å². The summed E-state index contributed by atoms with van der Waals surface area (Å²) in [5.41, 5.74) is 1.16. The zero-order valence-electron chi connectivity index (χ0n) is 8.61. The second-order valence-corrected chi connectivity index (χ2v) is 3.37. The predicted octanol–water partition coefficient (Wildman–Crippen LogP) is 1.22. The Morgan fingerprint density at radius 2 is 2.20 bits per heavy atom. The summed E-state index contributed by atoms with van der Waals surface area (Å²) in [5, 5.41) is 0.521. The largest absolute Gasteiger partial charge is 0.299 e. The van der Waals surface area contributed by atoms with Gasteiger partial charge in [0.1, 0.15) is 5.82 Å². The average Bonchev–Trinajstić information content (AvgIpc) is 2.25. The number of aromatic nitrogens is 2. The molecular formula is C12H10N2O. The molecule has 0 spiro atoms. The highest BCUT2D eigenvalue weighted by Gasteiger charge is 2.07. The third kappa shape index (κ3) is 1.31. The summed E-state index contributed by atoms with van der Waals surface area (Å²) in [6, 6.07) is 5.36. The molecule has 3 nitrogen and oxygen atoms in total. The summed E-state index contributed by atoms with van der Waals surface area (Å²) in [6.45, 7) is 1.80. The van der Waals surface area contributed by atoms with Crippen molar-refractivity contribution in [3.8, 4) is 12.3 Å². The minimum Gasteiger partial charge on any atom is -0.299 e. The van der Waals surface area contributed by atoms with Gasteiger partial charge in [0, 0.05) is 12.6 Å². The Bertz CT molecular complexity index is 632. The Labute approximate surface area is 87.4 Å². The van der Waals surface area contributed by atoms with Gasteiger partial charge in [0.05, 0.1) is 10.9 Å². The van der Waals surface area contributed by atoms with Crippen molar-refractivity contribution in [2.24, 2.45) is 7.05 Å². The lowest BCUT2D eigenvalue weighted by atomic mass is 10.1. The van der Waals surface area contributed by atoms with Crippen LogP contribution in [0.3, 0.4) is 0 Å². The van der Waals surface area contributed by atoms with E-state index in [1.165, 1.54) is 4.57 Å². The van der Waals surface area contributed by atoms with Crippen molar-refractivity contribution in [3.63, 3.8) is 0 Å². The number of nitrogens with zero attached hydrogens (tertiary/aromatic N) is 2. The molecule has 1 aromatic carbocycles. The van der Waals surface area contributed by atoms with Crippen molar-refractivity contribution in [1.82, 2.24) is 9.55 Å². The molecule has 0 saturated heterocycles. The first-order valence-electron chi connectivity index (χ1n) is 4.58. The molecule has 2 aromatic rings. The standard InChI is InChI=1S/C12H10N2O/c1-4-9-6-5-7-10-11(9)12(15)14(3)8(2)13-10/h1,5-7H,2-3H3. The molecule has 0 aliphatic carbocycles. The molecule has 0 fully saturated rings. The zero-order valence-corrected chi connectivity index (χ0v) is 8.61. The van der Waals surface area contributed by atoms with E-state index in [4.69, 9.17) is 6.42 Å². The van der Waals surface area contributed by atoms with E-state index in [9.17, 15) is 4.79 Å². The van der Waals surface area contributed by atoms with Gasteiger partial charge in [-0.15, -0.1) is 6.42 Å². The molecule has 0 unspecified atom stereocenters. The molecule has 3 heteroatoms. The summed E-state index contributed by atoms with van der Waals surface area (Å²) in [6.07, 6.45) is 5.35. The summed E-state index contributed by atoms with van der Waals surface area (Å²) < 4.78 is 1.50. The highest BCUT2D eigenvalue weighted by molar-refractivity contribution is 5.84. The Kier molecular flexibility index (Phi) is 2.05. The van der Waals surface area contributed by atoms with Crippen LogP contribution in [0.2, 0.25) is 0 Å². The maximum Gasteiger partial charge on any atom is 0.262 e. The molecule has 0 radical (unpaired) electrons. The van der Waals surface area contributed by atoms with Crippen LogP contribution in [-0.2, 0) is 7.05 Å². The van der Waals surface area contributed by atoms with Gasteiger partial charge in [-0.25, -0.2) is 4.98 Å². The van der Waals surface area contributed by atoms with Gasteiger partial charge < -0.3 is 0 Å². The normalized spacial score (nSPS) is 10.2. The minimum atomic E-state index is -0.0916.